The third-order valence-corrected chi connectivity index (χ3v) is 7.65. The monoisotopic (exact) mass is 481 g/mol. The summed E-state index contributed by atoms with van der Waals surface area (Å²) in [7, 11) is 1.73. The van der Waals surface area contributed by atoms with Crippen LogP contribution in [0.5, 0.6) is 11.5 Å². The van der Waals surface area contributed by atoms with Crippen molar-refractivity contribution < 1.29 is 14.9 Å². The number of hydrogen-bond acceptors (Lipinski definition) is 5. The van der Waals surface area contributed by atoms with Crippen LogP contribution in [-0.4, -0.2) is 39.7 Å². The Morgan fingerprint density at radius 3 is 2.31 bits per heavy atom. The van der Waals surface area contributed by atoms with Gasteiger partial charge in [0.2, 0.25) is 0 Å². The minimum atomic E-state index is -0.140. The Kier molecular flexibility index (Phi) is 5.99. The predicted octanol–water partition coefficient (Wildman–Crippen LogP) is 5.42. The molecule has 2 aliphatic rings. The van der Waals surface area contributed by atoms with Gasteiger partial charge in [-0.05, 0) is 66.6 Å². The number of ether oxygens (including phenoxy) is 1. The van der Waals surface area contributed by atoms with Crippen molar-refractivity contribution >= 4 is 0 Å². The second-order valence-corrected chi connectivity index (χ2v) is 9.93. The number of aromatic nitrogens is 2. The number of rotatable bonds is 6. The first-order chi connectivity index (χ1) is 17.6. The highest BCUT2D eigenvalue weighted by Gasteiger charge is 2.27. The van der Waals surface area contributed by atoms with Gasteiger partial charge in [-0.25, -0.2) is 0 Å². The van der Waals surface area contributed by atoms with E-state index >= 15 is 0 Å². The molecule has 6 heteroatoms. The van der Waals surface area contributed by atoms with Gasteiger partial charge in [0.15, 0.2) is 0 Å². The molecule has 36 heavy (non-hydrogen) atoms. The van der Waals surface area contributed by atoms with Gasteiger partial charge in [0.05, 0.1) is 24.6 Å². The summed E-state index contributed by atoms with van der Waals surface area (Å²) in [5.74, 6) is 1.16. The number of aromatic hydroxyl groups is 1. The number of hydrogen-bond donors (Lipinski definition) is 4. The van der Waals surface area contributed by atoms with Crippen LogP contribution in [0.1, 0.15) is 42.4 Å². The highest BCUT2D eigenvalue weighted by Crippen LogP contribution is 2.43. The van der Waals surface area contributed by atoms with Gasteiger partial charge in [-0.15, -0.1) is 0 Å². The predicted molar refractivity (Wildman–Crippen MR) is 141 cm³/mol. The van der Waals surface area contributed by atoms with Gasteiger partial charge < -0.3 is 20.3 Å². The molecular weight excluding hydrogens is 450 g/mol. The molecule has 1 fully saturated rings. The van der Waals surface area contributed by atoms with Crippen molar-refractivity contribution in [2.75, 3.05) is 7.11 Å². The molecular formula is C30H31N3O3. The smallest absolute Gasteiger partial charge is 0.124 e. The minimum Gasteiger partial charge on any atom is -0.508 e. The lowest BCUT2D eigenvalue weighted by Gasteiger charge is -2.26. The fraction of sp³-hybridized carbons (Fsp3) is 0.300. The highest BCUT2D eigenvalue weighted by molar-refractivity contribution is 5.82. The van der Waals surface area contributed by atoms with E-state index in [9.17, 15) is 10.2 Å². The normalized spacial score (nSPS) is 18.6. The number of aliphatic hydroxyl groups excluding tert-OH is 1. The molecule has 1 heterocycles. The first kappa shape index (κ1) is 22.8. The van der Waals surface area contributed by atoms with E-state index in [2.05, 4.69) is 51.9 Å². The lowest BCUT2D eigenvalue weighted by Crippen LogP contribution is -2.34. The molecule has 0 saturated heterocycles. The fourth-order valence-electron chi connectivity index (χ4n) is 5.58. The van der Waals surface area contributed by atoms with Crippen LogP contribution in [0.2, 0.25) is 0 Å². The van der Waals surface area contributed by atoms with Gasteiger partial charge in [-0.1, -0.05) is 36.4 Å². The number of nitrogens with one attached hydrogen (secondary N) is 2. The van der Waals surface area contributed by atoms with E-state index < -0.39 is 0 Å². The number of fused-ring (bicyclic) bond motifs is 3. The Bertz CT molecular complexity index is 1370. The molecule has 4 N–H and O–H groups in total. The summed E-state index contributed by atoms with van der Waals surface area (Å²) in [5, 5.41) is 31.0. The summed E-state index contributed by atoms with van der Waals surface area (Å²) < 4.78 is 5.77. The van der Waals surface area contributed by atoms with Gasteiger partial charge in [-0.3, -0.25) is 5.10 Å². The molecule has 6 nitrogen and oxygen atoms in total. The fourth-order valence-corrected chi connectivity index (χ4v) is 5.58. The van der Waals surface area contributed by atoms with Crippen LogP contribution in [0.25, 0.3) is 33.6 Å². The van der Waals surface area contributed by atoms with Crippen LogP contribution < -0.4 is 10.1 Å². The molecule has 0 atom stereocenters. The van der Waals surface area contributed by atoms with Crippen molar-refractivity contribution in [1.29, 1.82) is 0 Å². The second-order valence-electron chi connectivity index (χ2n) is 9.93. The van der Waals surface area contributed by atoms with Crippen molar-refractivity contribution in [2.24, 2.45) is 0 Å². The summed E-state index contributed by atoms with van der Waals surface area (Å²) in [5.41, 5.74) is 10.1. The van der Waals surface area contributed by atoms with Gasteiger partial charge >= 0.3 is 0 Å². The number of methoxy groups -OCH3 is 1. The first-order valence-corrected chi connectivity index (χ1v) is 12.7. The van der Waals surface area contributed by atoms with Gasteiger partial charge in [-0.2, -0.15) is 5.10 Å². The van der Waals surface area contributed by atoms with Crippen LogP contribution in [0.3, 0.4) is 0 Å². The minimum absolute atomic E-state index is 0.140. The molecule has 0 unspecified atom stereocenters. The Labute approximate surface area is 211 Å². The molecule has 3 aromatic carbocycles. The molecule has 4 aromatic rings. The number of aromatic amines is 1. The third kappa shape index (κ3) is 4.27. The molecule has 1 saturated carbocycles. The zero-order valence-electron chi connectivity index (χ0n) is 20.4. The maximum absolute atomic E-state index is 9.78. The lowest BCUT2D eigenvalue weighted by molar-refractivity contribution is 0.116. The zero-order chi connectivity index (χ0) is 24.6. The maximum Gasteiger partial charge on any atom is 0.124 e. The molecule has 184 valence electrons. The molecule has 0 amide bonds. The van der Waals surface area contributed by atoms with E-state index in [0.29, 0.717) is 6.04 Å². The standard InChI is InChI=1S/C30H31N3O3/c1-36-28-16-26-21(14-22(28)17-31-23-8-12-25(35)13-9-23)15-27-29(32-33-30(26)27)20-4-2-18(3-5-20)19-6-10-24(34)11-7-19/h2-7,10-11,14,16,23,25,31,34-35H,8-9,12-13,15,17H2,1H3,(H,32,33). The number of nitrogens with zero attached hydrogens (tertiary/aromatic N) is 1. The first-order valence-electron chi connectivity index (χ1n) is 12.7. The van der Waals surface area contributed by atoms with Crippen molar-refractivity contribution in [1.82, 2.24) is 15.5 Å². The largest absolute Gasteiger partial charge is 0.508 e. The van der Waals surface area contributed by atoms with Gasteiger partial charge in [0.1, 0.15) is 11.5 Å². The molecule has 0 radical (unpaired) electrons. The van der Waals surface area contributed by atoms with Crippen LogP contribution in [-0.2, 0) is 13.0 Å². The molecule has 0 spiro atoms. The average Bonchev–Trinajstić information content (AvgIpc) is 3.47. The molecule has 0 aliphatic heterocycles. The number of aliphatic hydroxyl groups is 1. The topological polar surface area (TPSA) is 90.4 Å². The number of phenolic OH excluding ortho intramolecular Hbond substituents is 1. The van der Waals surface area contributed by atoms with Crippen molar-refractivity contribution in [2.45, 2.75) is 50.8 Å². The van der Waals surface area contributed by atoms with Crippen LogP contribution in [0, 0.1) is 0 Å². The van der Waals surface area contributed by atoms with Crippen LogP contribution >= 0.6 is 0 Å². The summed E-state index contributed by atoms with van der Waals surface area (Å²) in [6.07, 6.45) is 4.47. The summed E-state index contributed by atoms with van der Waals surface area (Å²) in [4.78, 5) is 0. The number of benzene rings is 3. The van der Waals surface area contributed by atoms with Crippen molar-refractivity contribution in [3.05, 3.63) is 77.4 Å². The Morgan fingerprint density at radius 2 is 1.61 bits per heavy atom. The van der Waals surface area contributed by atoms with E-state index in [0.717, 1.165) is 78.0 Å². The molecule has 1 aromatic heterocycles. The van der Waals surface area contributed by atoms with Crippen LogP contribution in [0.15, 0.2) is 60.7 Å². The summed E-state index contributed by atoms with van der Waals surface area (Å²) in [6, 6.07) is 20.5. The molecule has 6 rings (SSSR count). The summed E-state index contributed by atoms with van der Waals surface area (Å²) in [6.45, 7) is 0.759. The van der Waals surface area contributed by atoms with E-state index in [1.54, 1.807) is 19.2 Å². The zero-order valence-corrected chi connectivity index (χ0v) is 20.4. The maximum atomic E-state index is 9.78. The Morgan fingerprint density at radius 1 is 0.944 bits per heavy atom. The highest BCUT2D eigenvalue weighted by atomic mass is 16.5. The average molecular weight is 482 g/mol. The summed E-state index contributed by atoms with van der Waals surface area (Å²) >= 11 is 0. The van der Waals surface area contributed by atoms with Crippen molar-refractivity contribution in [3.63, 3.8) is 0 Å². The lowest BCUT2D eigenvalue weighted by atomic mass is 9.93. The van der Waals surface area contributed by atoms with E-state index in [4.69, 9.17) is 4.74 Å². The quantitative estimate of drug-likeness (QED) is 0.260. The van der Waals surface area contributed by atoms with E-state index in [-0.39, 0.29) is 11.9 Å². The second kappa shape index (κ2) is 9.45. The third-order valence-electron chi connectivity index (χ3n) is 7.65. The van der Waals surface area contributed by atoms with Gasteiger partial charge in [0, 0.05) is 41.3 Å². The van der Waals surface area contributed by atoms with Crippen LogP contribution in [0.4, 0.5) is 0 Å². The van der Waals surface area contributed by atoms with Crippen molar-refractivity contribution in [3.8, 4) is 45.1 Å². The van der Waals surface area contributed by atoms with Gasteiger partial charge in [0.25, 0.3) is 0 Å². The number of phenols is 1. The molecule has 2 aliphatic carbocycles. The Balaban J connectivity index is 1.23. The molecule has 0 bridgehead atoms. The SMILES string of the molecule is COc1cc2c(cc1CNC1CCC(O)CC1)Cc1c(-c3ccc(-c4ccc(O)cc4)cc3)n[nH]c1-2. The van der Waals surface area contributed by atoms with E-state index in [1.165, 1.54) is 16.7 Å². The van der Waals surface area contributed by atoms with E-state index in [1.807, 2.05) is 12.1 Å². The Hall–Kier alpha value is -3.61. The number of H-pyrrole nitrogens is 1.